The molecule has 5 nitrogen and oxygen atoms in total. The fraction of sp³-hybridized carbons (Fsp3) is 0.750. The smallest absolute Gasteiger partial charge is 0.123 e. The lowest BCUT2D eigenvalue weighted by Crippen LogP contribution is -2.18. The van der Waals surface area contributed by atoms with E-state index in [1.54, 1.807) is 7.11 Å². The maximum Gasteiger partial charge on any atom is 0.123 e. The third-order valence-electron chi connectivity index (χ3n) is 2.77. The number of ether oxygens (including phenoxy) is 2. The van der Waals surface area contributed by atoms with Gasteiger partial charge in [-0.3, -0.25) is 0 Å². The van der Waals surface area contributed by atoms with E-state index in [4.69, 9.17) is 9.47 Å². The molecule has 0 aromatic carbocycles. The van der Waals surface area contributed by atoms with Crippen LogP contribution in [0.3, 0.4) is 0 Å². The second kappa shape index (κ2) is 6.74. The minimum atomic E-state index is 0.613. The number of aromatic nitrogens is 2. The number of hydrogen-bond acceptors (Lipinski definition) is 4. The molecule has 0 amide bonds. The lowest BCUT2D eigenvalue weighted by molar-refractivity contribution is 0.0689. The van der Waals surface area contributed by atoms with Crippen LogP contribution in [0.4, 0.5) is 0 Å². The largest absolute Gasteiger partial charge is 0.383 e. The maximum absolute atomic E-state index is 5.58. The highest BCUT2D eigenvalue weighted by Crippen LogP contribution is 2.28. The van der Waals surface area contributed by atoms with Crippen LogP contribution in [0.15, 0.2) is 12.5 Å². The Morgan fingerprint density at radius 1 is 1.53 bits per heavy atom. The van der Waals surface area contributed by atoms with Crippen molar-refractivity contribution in [1.29, 1.82) is 0 Å². The fourth-order valence-corrected chi connectivity index (χ4v) is 1.57. The monoisotopic (exact) mass is 239 g/mol. The third-order valence-corrected chi connectivity index (χ3v) is 2.77. The van der Waals surface area contributed by atoms with Gasteiger partial charge in [-0.2, -0.15) is 0 Å². The number of hydrogen-bond donors (Lipinski definition) is 1. The van der Waals surface area contributed by atoms with Crippen molar-refractivity contribution in [2.75, 3.05) is 26.9 Å². The predicted octanol–water partition coefficient (Wildman–Crippen LogP) is 1.00. The highest BCUT2D eigenvalue weighted by Gasteiger charge is 2.20. The van der Waals surface area contributed by atoms with Gasteiger partial charge in [-0.25, -0.2) is 4.98 Å². The van der Waals surface area contributed by atoms with E-state index < -0.39 is 0 Å². The molecule has 1 aliphatic carbocycles. The Labute approximate surface area is 102 Å². The summed E-state index contributed by atoms with van der Waals surface area (Å²) in [6.07, 6.45) is 6.50. The summed E-state index contributed by atoms with van der Waals surface area (Å²) in [6, 6.07) is 0. The first kappa shape index (κ1) is 12.5. The topological polar surface area (TPSA) is 48.3 Å². The summed E-state index contributed by atoms with van der Waals surface area (Å²) in [4.78, 5) is 4.31. The van der Waals surface area contributed by atoms with E-state index in [-0.39, 0.29) is 0 Å². The number of nitrogens with zero attached hydrogens (tertiary/aromatic N) is 2. The molecule has 1 aliphatic rings. The Balaban J connectivity index is 1.60. The van der Waals surface area contributed by atoms with Gasteiger partial charge in [-0.1, -0.05) is 0 Å². The van der Waals surface area contributed by atoms with E-state index in [2.05, 4.69) is 10.3 Å². The normalized spacial score (nSPS) is 15.4. The lowest BCUT2D eigenvalue weighted by Gasteiger charge is -2.03. The van der Waals surface area contributed by atoms with Gasteiger partial charge in [0.2, 0.25) is 0 Å². The van der Waals surface area contributed by atoms with Crippen molar-refractivity contribution >= 4 is 0 Å². The number of rotatable bonds is 9. The van der Waals surface area contributed by atoms with Crippen LogP contribution in [0.5, 0.6) is 0 Å². The van der Waals surface area contributed by atoms with Crippen LogP contribution in [0.1, 0.15) is 18.5 Å². The zero-order valence-corrected chi connectivity index (χ0v) is 10.4. The summed E-state index contributed by atoms with van der Waals surface area (Å²) in [5.74, 6) is 0.814. The van der Waals surface area contributed by atoms with Crippen LogP contribution in [0.25, 0.3) is 0 Å². The van der Waals surface area contributed by atoms with Gasteiger partial charge in [0.15, 0.2) is 0 Å². The molecule has 1 N–H and O–H groups in total. The van der Waals surface area contributed by atoms with Crippen molar-refractivity contribution in [3.8, 4) is 0 Å². The molecule has 1 aromatic rings. The Kier molecular flexibility index (Phi) is 4.97. The van der Waals surface area contributed by atoms with Gasteiger partial charge in [0.25, 0.3) is 0 Å². The zero-order valence-electron chi connectivity index (χ0n) is 10.4. The SMILES string of the molecule is COCCNCc1cn(COCC2CC2)cn1. The fourth-order valence-electron chi connectivity index (χ4n) is 1.57. The summed E-state index contributed by atoms with van der Waals surface area (Å²) >= 11 is 0. The first-order chi connectivity index (χ1) is 8.38. The van der Waals surface area contributed by atoms with Gasteiger partial charge in [0, 0.05) is 26.4 Å². The molecule has 0 bridgehead atoms. The molecule has 17 heavy (non-hydrogen) atoms. The van der Waals surface area contributed by atoms with Gasteiger partial charge in [-0.05, 0) is 18.8 Å². The minimum absolute atomic E-state index is 0.613. The highest BCUT2D eigenvalue weighted by molar-refractivity contribution is 4.95. The number of methoxy groups -OCH3 is 1. The van der Waals surface area contributed by atoms with E-state index in [0.717, 1.165) is 37.9 Å². The van der Waals surface area contributed by atoms with Crippen LogP contribution in [-0.2, 0) is 22.7 Å². The molecule has 1 fully saturated rings. The van der Waals surface area contributed by atoms with Gasteiger partial charge in [0.05, 0.1) is 25.2 Å². The molecule has 0 unspecified atom stereocenters. The van der Waals surface area contributed by atoms with Crippen LogP contribution >= 0.6 is 0 Å². The molecular formula is C12H21N3O2. The Morgan fingerprint density at radius 3 is 3.18 bits per heavy atom. The lowest BCUT2D eigenvalue weighted by atomic mass is 10.4. The molecule has 0 saturated heterocycles. The van der Waals surface area contributed by atoms with Crippen LogP contribution < -0.4 is 5.32 Å². The Hall–Kier alpha value is -0.910. The van der Waals surface area contributed by atoms with Crippen molar-refractivity contribution in [1.82, 2.24) is 14.9 Å². The summed E-state index contributed by atoms with van der Waals surface area (Å²) in [6.45, 7) is 3.85. The molecule has 0 aliphatic heterocycles. The minimum Gasteiger partial charge on any atom is -0.383 e. The van der Waals surface area contributed by atoms with Crippen molar-refractivity contribution in [2.45, 2.75) is 26.1 Å². The van der Waals surface area contributed by atoms with Crippen molar-refractivity contribution in [3.05, 3.63) is 18.2 Å². The van der Waals surface area contributed by atoms with E-state index in [0.29, 0.717) is 6.73 Å². The van der Waals surface area contributed by atoms with Crippen LogP contribution in [-0.4, -0.2) is 36.4 Å². The second-order valence-electron chi connectivity index (χ2n) is 4.49. The van der Waals surface area contributed by atoms with Gasteiger partial charge in [-0.15, -0.1) is 0 Å². The van der Waals surface area contributed by atoms with Crippen LogP contribution in [0.2, 0.25) is 0 Å². The number of nitrogens with one attached hydrogen (secondary N) is 1. The molecule has 2 rings (SSSR count). The average Bonchev–Trinajstić information content (AvgIpc) is 3.04. The molecule has 0 atom stereocenters. The van der Waals surface area contributed by atoms with Gasteiger partial charge >= 0.3 is 0 Å². The highest BCUT2D eigenvalue weighted by atomic mass is 16.5. The van der Waals surface area contributed by atoms with E-state index >= 15 is 0 Å². The summed E-state index contributed by atoms with van der Waals surface area (Å²) < 4.78 is 12.5. The molecule has 1 saturated carbocycles. The number of imidazole rings is 1. The maximum atomic E-state index is 5.58. The van der Waals surface area contributed by atoms with Gasteiger partial charge in [0.1, 0.15) is 6.73 Å². The second-order valence-corrected chi connectivity index (χ2v) is 4.49. The molecule has 0 spiro atoms. The average molecular weight is 239 g/mol. The Bertz CT molecular complexity index is 323. The van der Waals surface area contributed by atoms with Gasteiger partial charge < -0.3 is 19.4 Å². The summed E-state index contributed by atoms with van der Waals surface area (Å²) in [5.41, 5.74) is 1.04. The van der Waals surface area contributed by atoms with E-state index in [1.165, 1.54) is 12.8 Å². The van der Waals surface area contributed by atoms with Crippen LogP contribution in [0, 0.1) is 5.92 Å². The first-order valence-corrected chi connectivity index (χ1v) is 6.16. The summed E-state index contributed by atoms with van der Waals surface area (Å²) in [7, 11) is 1.70. The molecule has 0 radical (unpaired) electrons. The third kappa shape index (κ3) is 4.85. The molecule has 5 heteroatoms. The van der Waals surface area contributed by atoms with Crippen molar-refractivity contribution in [3.63, 3.8) is 0 Å². The summed E-state index contributed by atoms with van der Waals surface area (Å²) in [5, 5.41) is 3.26. The van der Waals surface area contributed by atoms with E-state index in [9.17, 15) is 0 Å². The van der Waals surface area contributed by atoms with Crippen molar-refractivity contribution < 1.29 is 9.47 Å². The molecule has 96 valence electrons. The van der Waals surface area contributed by atoms with Crippen molar-refractivity contribution in [2.24, 2.45) is 5.92 Å². The molecule has 1 heterocycles. The Morgan fingerprint density at radius 2 is 2.41 bits per heavy atom. The standard InChI is InChI=1S/C12H21N3O2/c1-16-5-4-13-6-12-7-15(9-14-12)10-17-8-11-2-3-11/h7,9,11,13H,2-6,8,10H2,1H3. The molecule has 1 aromatic heterocycles. The first-order valence-electron chi connectivity index (χ1n) is 6.16. The molecular weight excluding hydrogens is 218 g/mol. The zero-order chi connectivity index (χ0) is 11.9. The predicted molar refractivity (Wildman–Crippen MR) is 64.5 cm³/mol. The quantitative estimate of drug-likeness (QED) is 0.653. The van der Waals surface area contributed by atoms with E-state index in [1.807, 2.05) is 17.1 Å².